The highest BCUT2D eigenvalue weighted by molar-refractivity contribution is 9.09. The number of hydrogen-bond donors (Lipinski definition) is 1. The average molecular weight is 152 g/mol. The first-order valence-corrected chi connectivity index (χ1v) is 2.70. The fourth-order valence-corrected chi connectivity index (χ4v) is 0.489. The second-order valence-electron chi connectivity index (χ2n) is 0.867. The quantitative estimate of drug-likeness (QED) is 0.429. The van der Waals surface area contributed by atoms with Crippen LogP contribution in [-0.4, -0.2) is 11.4 Å². The molecule has 6 heavy (non-hydrogen) atoms. The van der Waals surface area contributed by atoms with Crippen LogP contribution in [0, 0.1) is 0 Å². The fourth-order valence-electron chi connectivity index (χ4n) is 0.0941. The highest BCUT2D eigenvalue weighted by Crippen LogP contribution is 1.69. The zero-order valence-corrected chi connectivity index (χ0v) is 5.08. The first-order chi connectivity index (χ1) is 2.77. The maximum absolute atomic E-state index is 9.90. The van der Waals surface area contributed by atoms with Gasteiger partial charge in [-0.2, -0.15) is 0 Å². The largest absolute Gasteiger partial charge is 0.347 e. The van der Waals surface area contributed by atoms with E-state index in [2.05, 4.69) is 21.2 Å². The van der Waals surface area contributed by atoms with Gasteiger partial charge in [0.25, 0.3) is 0 Å². The number of hydrogen-bond acceptors (Lipinski definition) is 1. The Kier molecular flexibility index (Phi) is 3.13. The Balaban J connectivity index is 2.83. The van der Waals surface area contributed by atoms with Gasteiger partial charge in [0.1, 0.15) is 0 Å². The van der Waals surface area contributed by atoms with Crippen LogP contribution < -0.4 is 5.32 Å². The Hall–Kier alpha value is -0.0500. The van der Waals surface area contributed by atoms with Gasteiger partial charge in [-0.05, 0) is 0 Å². The highest BCUT2D eigenvalue weighted by atomic mass is 79.9. The standard InChI is InChI=1S/C3H6BrNO/c1-3(6)5-2-4/h2H2,1H3,(H,5,6). The van der Waals surface area contributed by atoms with Gasteiger partial charge >= 0.3 is 0 Å². The molecule has 0 bridgehead atoms. The summed E-state index contributed by atoms with van der Waals surface area (Å²) >= 11 is 3.02. The predicted octanol–water partition coefficient (Wildman–Crippen LogP) is 0.475. The summed E-state index contributed by atoms with van der Waals surface area (Å²) < 4.78 is 0. The lowest BCUT2D eigenvalue weighted by molar-refractivity contribution is -0.118. The molecule has 0 fully saturated rings. The van der Waals surface area contributed by atoms with Crippen LogP contribution >= 0.6 is 15.9 Å². The lowest BCUT2D eigenvalue weighted by Crippen LogP contribution is -2.16. The maximum atomic E-state index is 9.90. The van der Waals surface area contributed by atoms with Gasteiger partial charge in [0, 0.05) is 6.92 Å². The van der Waals surface area contributed by atoms with Crippen LogP contribution in [-0.2, 0) is 4.79 Å². The number of carbonyl (C=O) groups is 1. The second kappa shape index (κ2) is 3.15. The van der Waals surface area contributed by atoms with Gasteiger partial charge < -0.3 is 5.32 Å². The summed E-state index contributed by atoms with van der Waals surface area (Å²) in [7, 11) is 0. The van der Waals surface area contributed by atoms with Crippen molar-refractivity contribution in [1.29, 1.82) is 0 Å². The van der Waals surface area contributed by atoms with Crippen molar-refractivity contribution in [3.63, 3.8) is 0 Å². The maximum Gasteiger partial charge on any atom is 0.217 e. The number of alkyl halides is 1. The third-order valence-electron chi connectivity index (χ3n) is 0.316. The van der Waals surface area contributed by atoms with E-state index in [-0.39, 0.29) is 5.91 Å². The van der Waals surface area contributed by atoms with Crippen molar-refractivity contribution in [1.82, 2.24) is 5.32 Å². The van der Waals surface area contributed by atoms with E-state index in [1.165, 1.54) is 6.92 Å². The van der Waals surface area contributed by atoms with E-state index in [0.29, 0.717) is 5.45 Å². The number of halogens is 1. The van der Waals surface area contributed by atoms with Crippen LogP contribution in [0.3, 0.4) is 0 Å². The van der Waals surface area contributed by atoms with Crippen molar-refractivity contribution < 1.29 is 4.79 Å². The zero-order valence-electron chi connectivity index (χ0n) is 3.49. The summed E-state index contributed by atoms with van der Waals surface area (Å²) in [6.07, 6.45) is 0. The van der Waals surface area contributed by atoms with Gasteiger partial charge in [-0.3, -0.25) is 4.79 Å². The van der Waals surface area contributed by atoms with Gasteiger partial charge in [0.05, 0.1) is 5.45 Å². The normalized spacial score (nSPS) is 7.67. The van der Waals surface area contributed by atoms with Gasteiger partial charge in [-0.1, -0.05) is 15.9 Å². The molecular formula is C3H6BrNO. The minimum absolute atomic E-state index is 0.00752. The molecule has 0 aliphatic rings. The first kappa shape index (κ1) is 5.95. The Morgan fingerprint density at radius 2 is 2.50 bits per heavy atom. The predicted molar refractivity (Wildman–Crippen MR) is 27.6 cm³/mol. The zero-order chi connectivity index (χ0) is 4.99. The minimum atomic E-state index is -0.00752. The van der Waals surface area contributed by atoms with E-state index in [0.717, 1.165) is 0 Å². The molecule has 2 nitrogen and oxygen atoms in total. The van der Waals surface area contributed by atoms with Crippen molar-refractivity contribution in [3.05, 3.63) is 0 Å². The summed E-state index contributed by atoms with van der Waals surface area (Å²) in [5.41, 5.74) is 0.544. The van der Waals surface area contributed by atoms with Crippen molar-refractivity contribution >= 4 is 21.8 Å². The molecule has 0 radical (unpaired) electrons. The summed E-state index contributed by atoms with van der Waals surface area (Å²) in [6.45, 7) is 1.47. The first-order valence-electron chi connectivity index (χ1n) is 1.57. The van der Waals surface area contributed by atoms with Gasteiger partial charge in [0.2, 0.25) is 5.91 Å². The van der Waals surface area contributed by atoms with Crippen LogP contribution in [0.4, 0.5) is 0 Å². The Labute approximate surface area is 45.0 Å². The lowest BCUT2D eigenvalue weighted by atomic mass is 10.7. The molecule has 36 valence electrons. The topological polar surface area (TPSA) is 29.1 Å². The minimum Gasteiger partial charge on any atom is -0.347 e. The number of carbonyl (C=O) groups excluding carboxylic acids is 1. The molecule has 1 N–H and O–H groups in total. The molecule has 0 saturated carbocycles. The average Bonchev–Trinajstić information content (AvgIpc) is 1.35. The third kappa shape index (κ3) is 3.95. The summed E-state index contributed by atoms with van der Waals surface area (Å²) in [5, 5.41) is 2.49. The molecule has 0 aromatic rings. The molecule has 0 aromatic heterocycles. The molecule has 3 heteroatoms. The van der Waals surface area contributed by atoms with Crippen LogP contribution in [0.5, 0.6) is 0 Å². The van der Waals surface area contributed by atoms with Crippen LogP contribution in [0.15, 0.2) is 0 Å². The van der Waals surface area contributed by atoms with E-state index in [1.807, 2.05) is 0 Å². The van der Waals surface area contributed by atoms with Gasteiger partial charge in [-0.25, -0.2) is 0 Å². The van der Waals surface area contributed by atoms with Gasteiger partial charge in [0.15, 0.2) is 0 Å². The van der Waals surface area contributed by atoms with Crippen molar-refractivity contribution in [2.24, 2.45) is 0 Å². The number of nitrogens with one attached hydrogen (secondary N) is 1. The Bertz CT molecular complexity index is 54.8. The monoisotopic (exact) mass is 151 g/mol. The molecule has 0 atom stereocenters. The Morgan fingerprint density at radius 3 is 2.50 bits per heavy atom. The highest BCUT2D eigenvalue weighted by Gasteiger charge is 1.80. The van der Waals surface area contributed by atoms with E-state index < -0.39 is 0 Å². The van der Waals surface area contributed by atoms with E-state index >= 15 is 0 Å². The van der Waals surface area contributed by atoms with Gasteiger partial charge in [-0.15, -0.1) is 0 Å². The van der Waals surface area contributed by atoms with Crippen LogP contribution in [0.25, 0.3) is 0 Å². The van der Waals surface area contributed by atoms with Crippen molar-refractivity contribution in [2.75, 3.05) is 5.45 Å². The number of rotatable bonds is 1. The van der Waals surface area contributed by atoms with E-state index in [1.54, 1.807) is 0 Å². The van der Waals surface area contributed by atoms with Crippen molar-refractivity contribution in [2.45, 2.75) is 6.92 Å². The van der Waals surface area contributed by atoms with Crippen LogP contribution in [0.1, 0.15) is 6.92 Å². The molecule has 0 aliphatic heterocycles. The molecule has 0 rings (SSSR count). The number of amides is 1. The smallest absolute Gasteiger partial charge is 0.217 e. The molecule has 0 aliphatic carbocycles. The summed E-state index contributed by atoms with van der Waals surface area (Å²) in [4.78, 5) is 9.90. The third-order valence-corrected chi connectivity index (χ3v) is 0.596. The van der Waals surface area contributed by atoms with E-state index in [9.17, 15) is 4.79 Å². The summed E-state index contributed by atoms with van der Waals surface area (Å²) in [6, 6.07) is 0. The molecule has 0 spiro atoms. The molecular weight excluding hydrogens is 146 g/mol. The SMILES string of the molecule is CC(=O)NCBr. The molecule has 0 heterocycles. The molecule has 0 unspecified atom stereocenters. The van der Waals surface area contributed by atoms with Crippen LogP contribution in [0.2, 0.25) is 0 Å². The molecule has 1 amide bonds. The van der Waals surface area contributed by atoms with Crippen molar-refractivity contribution in [3.8, 4) is 0 Å². The molecule has 0 saturated heterocycles. The Morgan fingerprint density at radius 1 is 2.00 bits per heavy atom. The van der Waals surface area contributed by atoms with E-state index in [4.69, 9.17) is 0 Å². The fraction of sp³-hybridized carbons (Fsp3) is 0.667. The molecule has 0 aromatic carbocycles. The lowest BCUT2D eigenvalue weighted by Gasteiger charge is -1.87. The summed E-state index contributed by atoms with van der Waals surface area (Å²) in [5.74, 6) is -0.00752. The second-order valence-corrected chi connectivity index (χ2v) is 1.43.